The summed E-state index contributed by atoms with van der Waals surface area (Å²) in [5.74, 6) is 0. The molecule has 13 nitrogen and oxygen atoms in total. The van der Waals surface area contributed by atoms with Gasteiger partial charge in [-0.2, -0.15) is 10.5 Å². The monoisotopic (exact) mass is 650 g/mol. The molecule has 3 atom stereocenters. The molecule has 1 aromatic rings. The van der Waals surface area contributed by atoms with Crippen molar-refractivity contribution in [3.63, 3.8) is 0 Å². The van der Waals surface area contributed by atoms with Crippen LogP contribution in [-0.4, -0.2) is 51.9 Å². The van der Waals surface area contributed by atoms with Crippen molar-refractivity contribution in [2.75, 3.05) is 19.8 Å². The smallest absolute Gasteiger partial charge is 0.786 e. The predicted octanol–water partition coefficient (Wildman–Crippen LogP) is 0.578. The first-order valence-corrected chi connectivity index (χ1v) is 15.2. The standard InChI is InChI=1S/C14H4N2O2S2.3C2H6O3P.Al/c15-5-9-10(6-16)20-14-12(18)8-4-2-1-3-7(8)11(17)13(14)19-9;3*1-2-5-6(3)4;/h1-4H;3*3H,2H2,1H3;/q;3*-1;+3. The number of nitrogens with zero attached hydrogens (tertiary/aromatic N) is 2. The molecule has 1 aliphatic heterocycles. The van der Waals surface area contributed by atoms with E-state index in [-0.39, 0.29) is 47.0 Å². The van der Waals surface area contributed by atoms with Crippen LogP contribution < -0.4 is 25.5 Å². The van der Waals surface area contributed by atoms with Gasteiger partial charge in [-0.05, 0) is 20.8 Å². The third-order valence-corrected chi connectivity index (χ3v) is 7.45. The van der Waals surface area contributed by atoms with E-state index in [0.29, 0.717) is 30.6 Å². The van der Waals surface area contributed by atoms with Crippen LogP contribution in [0.3, 0.4) is 0 Å². The van der Waals surface area contributed by atoms with Gasteiger partial charge >= 0.3 is 17.4 Å². The molecule has 39 heavy (non-hydrogen) atoms. The molecule has 1 aromatic carbocycles. The van der Waals surface area contributed by atoms with E-state index in [1.807, 2.05) is 12.1 Å². The van der Waals surface area contributed by atoms with E-state index in [0.717, 1.165) is 22.7 Å². The van der Waals surface area contributed by atoms with Crippen molar-refractivity contribution >= 4 is 76.6 Å². The summed E-state index contributed by atoms with van der Waals surface area (Å²) in [7, 11) is -7.05. The Labute approximate surface area is 245 Å². The Balaban J connectivity index is 0. The molecule has 3 rings (SSSR count). The van der Waals surface area contributed by atoms with Gasteiger partial charge in [-0.15, -0.1) is 22.7 Å². The summed E-state index contributed by atoms with van der Waals surface area (Å²) in [5.41, 5.74) is -0.533. The van der Waals surface area contributed by atoms with Crippen molar-refractivity contribution < 1.29 is 42.9 Å². The summed E-state index contributed by atoms with van der Waals surface area (Å²) < 4.78 is 12.8. The van der Waals surface area contributed by atoms with Crippen LogP contribution in [-0.2, 0) is 13.6 Å². The molecule has 19 heteroatoms. The SMILES string of the molecule is CCOP([O-])O.CCOP([O-])O.CCOP([O-])O.N#Cc1sc2c(=O)c3ccccc3c(=O)c=2sc1C#N.[Al+3]. The summed E-state index contributed by atoms with van der Waals surface area (Å²) in [5, 5.41) is 18.7. The van der Waals surface area contributed by atoms with Crippen LogP contribution in [0.25, 0.3) is 10.8 Å². The molecule has 1 heterocycles. The molecule has 0 aromatic heterocycles. The third-order valence-electron chi connectivity index (χ3n) is 3.57. The topological polar surface area (TPSA) is 239 Å². The minimum Gasteiger partial charge on any atom is -0.786 e. The Kier molecular flexibility index (Phi) is 23.2. The van der Waals surface area contributed by atoms with Gasteiger partial charge in [0.05, 0.1) is 34.9 Å². The molecular formula is C20H22AlN2O11P3S2. The van der Waals surface area contributed by atoms with Gasteiger partial charge in [0, 0.05) is 30.6 Å². The predicted molar refractivity (Wildman–Crippen MR) is 145 cm³/mol. The summed E-state index contributed by atoms with van der Waals surface area (Å²) in [6.45, 7) is 5.86. The first-order chi connectivity index (χ1) is 18.0. The van der Waals surface area contributed by atoms with Crippen molar-refractivity contribution in [3.8, 4) is 12.1 Å². The zero-order valence-electron chi connectivity index (χ0n) is 20.7. The Hall–Kier alpha value is -1.08. The molecule has 0 saturated carbocycles. The Morgan fingerprint density at radius 1 is 0.744 bits per heavy atom. The van der Waals surface area contributed by atoms with E-state index in [1.165, 1.54) is 0 Å². The van der Waals surface area contributed by atoms with Crippen LogP contribution in [0.15, 0.2) is 33.9 Å². The summed E-state index contributed by atoms with van der Waals surface area (Å²) in [4.78, 5) is 77.2. The van der Waals surface area contributed by atoms with Crippen molar-refractivity contribution in [1.29, 1.82) is 10.5 Å². The number of hydrogen-bond acceptors (Lipinski definition) is 15. The van der Waals surface area contributed by atoms with E-state index in [4.69, 9.17) is 25.2 Å². The van der Waals surface area contributed by atoms with Gasteiger partial charge in [-0.3, -0.25) is 9.59 Å². The van der Waals surface area contributed by atoms with Crippen molar-refractivity contribution in [1.82, 2.24) is 0 Å². The summed E-state index contributed by atoms with van der Waals surface area (Å²) >= 11 is 1.82. The molecule has 3 N–H and O–H groups in total. The zero-order valence-corrected chi connectivity index (χ0v) is 26.1. The average Bonchev–Trinajstić information content (AvgIpc) is 2.87. The molecule has 0 saturated heterocycles. The molecule has 0 spiro atoms. The molecule has 0 fully saturated rings. The molecule has 208 valence electrons. The molecule has 2 aliphatic rings. The van der Waals surface area contributed by atoms with Crippen LogP contribution in [0.2, 0.25) is 0 Å². The van der Waals surface area contributed by atoms with Gasteiger partial charge in [0.2, 0.25) is 10.9 Å². The third kappa shape index (κ3) is 14.9. The second-order valence-electron chi connectivity index (χ2n) is 5.91. The maximum Gasteiger partial charge on any atom is 3.00 e. The van der Waals surface area contributed by atoms with Crippen LogP contribution >= 0.6 is 48.5 Å². The Bertz CT molecular complexity index is 1280. The second-order valence-corrected chi connectivity index (χ2v) is 10.2. The van der Waals surface area contributed by atoms with Crippen LogP contribution in [0.1, 0.15) is 30.5 Å². The van der Waals surface area contributed by atoms with Crippen molar-refractivity contribution in [2.24, 2.45) is 0 Å². The second kappa shape index (κ2) is 22.6. The first-order valence-electron chi connectivity index (χ1n) is 10.2. The Morgan fingerprint density at radius 3 is 1.21 bits per heavy atom. The number of fused-ring (bicyclic) bond motifs is 1. The van der Waals surface area contributed by atoms with E-state index >= 15 is 0 Å². The first kappa shape index (κ1) is 40.1. The molecule has 0 radical (unpaired) electrons. The molecule has 3 unspecified atom stereocenters. The van der Waals surface area contributed by atoms with Crippen LogP contribution in [0, 0.1) is 31.7 Å². The minimum absolute atomic E-state index is 0. The number of nitriles is 2. The Morgan fingerprint density at radius 2 is 1.03 bits per heavy atom. The van der Waals surface area contributed by atoms with E-state index in [9.17, 15) is 24.3 Å². The number of hydrogen-bond donors (Lipinski definition) is 3. The normalized spacial score (nSPS) is 12.0. The van der Waals surface area contributed by atoms with Gasteiger partial charge in [-0.25, -0.2) is 0 Å². The van der Waals surface area contributed by atoms with Crippen molar-refractivity contribution in [2.45, 2.75) is 20.8 Å². The number of benzene rings is 1. The zero-order chi connectivity index (χ0) is 29.3. The van der Waals surface area contributed by atoms with E-state index in [2.05, 4.69) is 13.6 Å². The van der Waals surface area contributed by atoms with Gasteiger partial charge in [0.15, 0.2) is 0 Å². The van der Waals surface area contributed by atoms with Crippen molar-refractivity contribution in [3.05, 3.63) is 63.5 Å². The number of rotatable bonds is 6. The maximum absolute atomic E-state index is 12.4. The fourth-order valence-electron chi connectivity index (χ4n) is 2.29. The average molecular weight is 650 g/mol. The van der Waals surface area contributed by atoms with Gasteiger partial charge in [-0.1, -0.05) is 24.3 Å². The fourth-order valence-corrected chi connectivity index (χ4v) is 5.01. The summed E-state index contributed by atoms with van der Waals surface area (Å²) in [6.07, 6.45) is 0. The molecule has 1 aliphatic carbocycles. The van der Waals surface area contributed by atoms with E-state index < -0.39 is 25.8 Å². The fraction of sp³-hybridized carbons (Fsp3) is 0.300. The van der Waals surface area contributed by atoms with Gasteiger partial charge < -0.3 is 42.9 Å². The summed E-state index contributed by atoms with van der Waals surface area (Å²) in [6, 6.07) is 10.4. The quantitative estimate of drug-likeness (QED) is 0.245. The van der Waals surface area contributed by atoms with Gasteiger partial charge in [0.1, 0.15) is 21.9 Å². The van der Waals surface area contributed by atoms with Crippen LogP contribution in [0.4, 0.5) is 0 Å². The maximum atomic E-state index is 12.4. The van der Waals surface area contributed by atoms with Crippen LogP contribution in [0.5, 0.6) is 0 Å². The minimum atomic E-state index is -2.35. The largest absolute Gasteiger partial charge is 3.00 e. The molecular weight excluding hydrogens is 628 g/mol. The van der Waals surface area contributed by atoms with E-state index in [1.54, 1.807) is 45.0 Å². The molecule has 0 bridgehead atoms. The molecule has 0 amide bonds. The van der Waals surface area contributed by atoms with Gasteiger partial charge in [0.25, 0.3) is 0 Å².